The minimum Gasteiger partial charge on any atom is -0.439 e. The van der Waals surface area contributed by atoms with Crippen molar-refractivity contribution in [1.82, 2.24) is 14.5 Å². The number of carbonyl (C=O) groups is 1. The lowest BCUT2D eigenvalue weighted by molar-refractivity contribution is -0.0979. The molecule has 2 aromatic heterocycles. The highest BCUT2D eigenvalue weighted by Gasteiger charge is 2.03. The average molecular weight is 284 g/mol. The summed E-state index contributed by atoms with van der Waals surface area (Å²) in [4.78, 5) is 16.1. The van der Waals surface area contributed by atoms with Crippen LogP contribution in [0.3, 0.4) is 0 Å². The van der Waals surface area contributed by atoms with Crippen LogP contribution in [-0.2, 0) is 18.4 Å². The molecule has 21 heavy (non-hydrogen) atoms. The molecule has 2 N–H and O–H groups in total. The van der Waals surface area contributed by atoms with Crippen LogP contribution in [0.5, 0.6) is 11.6 Å². The Morgan fingerprint density at radius 3 is 2.81 bits per heavy atom. The first kappa shape index (κ1) is 14.7. The monoisotopic (exact) mass is 284 g/mol. The molecule has 0 aliphatic heterocycles. The van der Waals surface area contributed by atoms with Crippen LogP contribution in [0.15, 0.2) is 42.9 Å². The van der Waals surface area contributed by atoms with Gasteiger partial charge in [0.05, 0.1) is 5.69 Å². The van der Waals surface area contributed by atoms with E-state index in [0.29, 0.717) is 12.4 Å². The molecular weight excluding hydrogens is 268 g/mol. The summed E-state index contributed by atoms with van der Waals surface area (Å²) in [5, 5.41) is 1.13. The van der Waals surface area contributed by atoms with Gasteiger partial charge in [0.2, 0.25) is 5.88 Å². The Morgan fingerprint density at radius 1 is 1.24 bits per heavy atom. The molecule has 0 aliphatic rings. The maximum Gasteiger partial charge on any atom is 0.222 e. The van der Waals surface area contributed by atoms with E-state index in [4.69, 9.17) is 15.3 Å². The van der Waals surface area contributed by atoms with Gasteiger partial charge in [-0.25, -0.2) is 9.97 Å². The van der Waals surface area contributed by atoms with Crippen molar-refractivity contribution < 1.29 is 9.53 Å². The summed E-state index contributed by atoms with van der Waals surface area (Å²) in [5.41, 5.74) is 7.46. The van der Waals surface area contributed by atoms with E-state index in [1.54, 1.807) is 6.07 Å². The van der Waals surface area contributed by atoms with Crippen LogP contribution in [0.25, 0.3) is 10.9 Å². The Kier molecular flexibility index (Phi) is 4.63. The Morgan fingerprint density at radius 2 is 2.05 bits per heavy atom. The van der Waals surface area contributed by atoms with E-state index in [9.17, 15) is 0 Å². The second kappa shape index (κ2) is 6.62. The lowest BCUT2D eigenvalue weighted by Gasteiger charge is -2.06. The van der Waals surface area contributed by atoms with Gasteiger partial charge >= 0.3 is 0 Å². The highest BCUT2D eigenvalue weighted by molar-refractivity contribution is 5.81. The number of fused-ring (bicyclic) bond motifs is 1. The maximum absolute atomic E-state index is 8.00. The normalized spacial score (nSPS) is 10.0. The van der Waals surface area contributed by atoms with E-state index in [1.165, 1.54) is 6.33 Å². The third-order valence-electron chi connectivity index (χ3n) is 2.99. The number of nitrogens with zero attached hydrogens (tertiary/aromatic N) is 3. The van der Waals surface area contributed by atoms with Crippen LogP contribution in [0.4, 0.5) is 0 Å². The SMILES string of the molecule is C=O.Cn1ccc2cc(Oc3cc(CN)ncn3)ccc21. The van der Waals surface area contributed by atoms with Gasteiger partial charge in [0.1, 0.15) is 18.9 Å². The van der Waals surface area contributed by atoms with Crippen LogP contribution >= 0.6 is 0 Å². The van der Waals surface area contributed by atoms with Gasteiger partial charge in [-0.05, 0) is 24.3 Å². The predicted octanol–water partition coefficient (Wildman–Crippen LogP) is 2.03. The summed E-state index contributed by atoms with van der Waals surface area (Å²) < 4.78 is 7.79. The van der Waals surface area contributed by atoms with Crippen molar-refractivity contribution in [2.45, 2.75) is 6.54 Å². The third kappa shape index (κ3) is 3.24. The van der Waals surface area contributed by atoms with E-state index in [2.05, 4.69) is 14.5 Å². The highest BCUT2D eigenvalue weighted by Crippen LogP contribution is 2.24. The fourth-order valence-corrected chi connectivity index (χ4v) is 1.99. The molecule has 0 atom stereocenters. The first-order valence-electron chi connectivity index (χ1n) is 6.29. The third-order valence-corrected chi connectivity index (χ3v) is 2.99. The van der Waals surface area contributed by atoms with Crippen LogP contribution in [0, 0.1) is 0 Å². The Balaban J connectivity index is 0.000000774. The minimum absolute atomic E-state index is 0.372. The molecule has 2 heterocycles. The molecule has 0 saturated heterocycles. The van der Waals surface area contributed by atoms with Crippen molar-refractivity contribution in [3.05, 3.63) is 48.5 Å². The van der Waals surface area contributed by atoms with Crippen LogP contribution in [0.2, 0.25) is 0 Å². The van der Waals surface area contributed by atoms with Crippen molar-refractivity contribution in [3.63, 3.8) is 0 Å². The zero-order chi connectivity index (χ0) is 15.2. The molecule has 0 aliphatic carbocycles. The van der Waals surface area contributed by atoms with Gasteiger partial charge < -0.3 is 19.8 Å². The number of carbonyl (C=O) groups excluding carboxylic acids is 1. The van der Waals surface area contributed by atoms with Gasteiger partial charge in [-0.1, -0.05) is 0 Å². The van der Waals surface area contributed by atoms with Crippen molar-refractivity contribution in [2.75, 3.05) is 0 Å². The molecule has 0 saturated carbocycles. The lowest BCUT2D eigenvalue weighted by Crippen LogP contribution is -2.00. The smallest absolute Gasteiger partial charge is 0.222 e. The number of hydrogen-bond acceptors (Lipinski definition) is 5. The molecule has 6 heteroatoms. The summed E-state index contributed by atoms with van der Waals surface area (Å²) in [6, 6.07) is 9.73. The van der Waals surface area contributed by atoms with Crippen molar-refractivity contribution >= 4 is 17.7 Å². The number of ether oxygens (including phenoxy) is 1. The number of aromatic nitrogens is 3. The molecule has 0 spiro atoms. The summed E-state index contributed by atoms with van der Waals surface area (Å²) in [7, 11) is 2.01. The Hall–Kier alpha value is -2.73. The lowest BCUT2D eigenvalue weighted by atomic mass is 10.2. The van der Waals surface area contributed by atoms with E-state index in [1.807, 2.05) is 44.3 Å². The fraction of sp³-hybridized carbons (Fsp3) is 0.133. The Bertz CT molecular complexity index is 739. The molecular formula is C15H16N4O2. The fourth-order valence-electron chi connectivity index (χ4n) is 1.99. The van der Waals surface area contributed by atoms with E-state index in [-0.39, 0.29) is 0 Å². The summed E-state index contributed by atoms with van der Waals surface area (Å²) in [6.45, 7) is 2.37. The second-order valence-electron chi connectivity index (χ2n) is 4.30. The van der Waals surface area contributed by atoms with Gasteiger partial charge in [0, 0.05) is 36.8 Å². The second-order valence-corrected chi connectivity index (χ2v) is 4.30. The number of benzene rings is 1. The van der Waals surface area contributed by atoms with Gasteiger partial charge in [-0.15, -0.1) is 0 Å². The summed E-state index contributed by atoms with van der Waals surface area (Å²) in [6.07, 6.45) is 3.48. The zero-order valence-corrected chi connectivity index (χ0v) is 11.7. The largest absolute Gasteiger partial charge is 0.439 e. The van der Waals surface area contributed by atoms with E-state index in [0.717, 1.165) is 22.3 Å². The van der Waals surface area contributed by atoms with Crippen molar-refractivity contribution in [3.8, 4) is 11.6 Å². The maximum atomic E-state index is 8.00. The van der Waals surface area contributed by atoms with Crippen LogP contribution < -0.4 is 10.5 Å². The molecule has 1 aromatic carbocycles. The number of aryl methyl sites for hydroxylation is 1. The highest BCUT2D eigenvalue weighted by atomic mass is 16.5. The summed E-state index contributed by atoms with van der Waals surface area (Å²) >= 11 is 0. The quantitative estimate of drug-likeness (QED) is 0.795. The van der Waals surface area contributed by atoms with Crippen LogP contribution in [-0.4, -0.2) is 21.3 Å². The molecule has 108 valence electrons. The molecule has 3 aromatic rings. The molecule has 0 fully saturated rings. The molecule has 6 nitrogen and oxygen atoms in total. The standard InChI is InChI=1S/C14H14N4O.CH2O/c1-18-5-4-10-6-12(2-3-13(10)18)19-14-7-11(8-15)16-9-17-14;1-2/h2-7,9H,8,15H2,1H3;1H2. The predicted molar refractivity (Wildman–Crippen MR) is 80.0 cm³/mol. The number of rotatable bonds is 3. The van der Waals surface area contributed by atoms with Crippen molar-refractivity contribution in [2.24, 2.45) is 12.8 Å². The first-order valence-corrected chi connectivity index (χ1v) is 6.29. The van der Waals surface area contributed by atoms with Gasteiger partial charge in [0.25, 0.3) is 0 Å². The molecule has 3 rings (SSSR count). The van der Waals surface area contributed by atoms with Gasteiger partial charge in [-0.3, -0.25) is 0 Å². The van der Waals surface area contributed by atoms with E-state index < -0.39 is 0 Å². The Labute approximate surface area is 122 Å². The average Bonchev–Trinajstić information content (AvgIpc) is 2.90. The molecule has 0 bridgehead atoms. The van der Waals surface area contributed by atoms with Crippen molar-refractivity contribution in [1.29, 1.82) is 0 Å². The topological polar surface area (TPSA) is 83.0 Å². The number of hydrogen-bond donors (Lipinski definition) is 1. The first-order chi connectivity index (χ1) is 10.3. The van der Waals surface area contributed by atoms with Gasteiger partial charge in [-0.2, -0.15) is 0 Å². The number of nitrogens with two attached hydrogens (primary N) is 1. The van der Waals surface area contributed by atoms with E-state index >= 15 is 0 Å². The molecule has 0 unspecified atom stereocenters. The van der Waals surface area contributed by atoms with Gasteiger partial charge in [0.15, 0.2) is 0 Å². The van der Waals surface area contributed by atoms with Crippen LogP contribution in [0.1, 0.15) is 5.69 Å². The summed E-state index contributed by atoms with van der Waals surface area (Å²) in [5.74, 6) is 1.26. The molecule has 0 radical (unpaired) electrons. The minimum atomic E-state index is 0.372. The zero-order valence-electron chi connectivity index (χ0n) is 11.7. The molecule has 0 amide bonds.